The molecule has 0 saturated carbocycles. The Bertz CT molecular complexity index is 549. The number of aromatic nitrogens is 3. The fourth-order valence-electron chi connectivity index (χ4n) is 2.22. The Kier molecular flexibility index (Phi) is 5.78. The van der Waals surface area contributed by atoms with Gasteiger partial charge in [0.25, 0.3) is 0 Å². The van der Waals surface area contributed by atoms with Gasteiger partial charge in [0.1, 0.15) is 5.82 Å². The molecular formula is C16H22N4O. The molecule has 0 bridgehead atoms. The van der Waals surface area contributed by atoms with Gasteiger partial charge in [-0.1, -0.05) is 6.07 Å². The van der Waals surface area contributed by atoms with Crippen molar-refractivity contribution in [2.45, 2.75) is 26.8 Å². The molecular weight excluding hydrogens is 264 g/mol. The number of ether oxygens (including phenoxy) is 1. The van der Waals surface area contributed by atoms with E-state index in [1.165, 1.54) is 5.56 Å². The van der Waals surface area contributed by atoms with Crippen LogP contribution in [0.4, 0.5) is 0 Å². The van der Waals surface area contributed by atoms with Crippen molar-refractivity contribution in [1.29, 1.82) is 0 Å². The number of hydrogen-bond acceptors (Lipinski definition) is 5. The van der Waals surface area contributed by atoms with Crippen LogP contribution >= 0.6 is 0 Å². The van der Waals surface area contributed by atoms with Crippen LogP contribution in [-0.4, -0.2) is 35.2 Å². The van der Waals surface area contributed by atoms with Crippen LogP contribution in [0.2, 0.25) is 0 Å². The summed E-state index contributed by atoms with van der Waals surface area (Å²) in [5.41, 5.74) is 4.36. The first-order valence-corrected chi connectivity index (χ1v) is 7.12. The molecule has 0 unspecified atom stereocenters. The third kappa shape index (κ3) is 4.58. The average molecular weight is 286 g/mol. The molecule has 2 heterocycles. The standard InChI is InChI=1S/C16H22N4O/c1-12-15(11-18-7-8-21-3)13(2)20-16(19-12)9-14-5-4-6-17-10-14/h4-6,10,18H,7-9,11H2,1-3H3. The van der Waals surface area contributed by atoms with Crippen LogP contribution in [-0.2, 0) is 17.7 Å². The minimum Gasteiger partial charge on any atom is -0.383 e. The molecule has 5 nitrogen and oxygen atoms in total. The van der Waals surface area contributed by atoms with Gasteiger partial charge in [0.15, 0.2) is 0 Å². The van der Waals surface area contributed by atoms with Crippen LogP contribution in [0, 0.1) is 13.8 Å². The second-order valence-electron chi connectivity index (χ2n) is 5.00. The summed E-state index contributed by atoms with van der Waals surface area (Å²) in [6.45, 7) is 6.38. The normalized spacial score (nSPS) is 10.8. The van der Waals surface area contributed by atoms with Gasteiger partial charge in [-0.3, -0.25) is 4.98 Å². The molecule has 2 rings (SSSR count). The van der Waals surface area contributed by atoms with E-state index in [-0.39, 0.29) is 0 Å². The number of methoxy groups -OCH3 is 1. The van der Waals surface area contributed by atoms with Gasteiger partial charge in [0.2, 0.25) is 0 Å². The molecule has 0 radical (unpaired) electrons. The number of hydrogen-bond donors (Lipinski definition) is 1. The molecule has 2 aromatic rings. The highest BCUT2D eigenvalue weighted by Crippen LogP contribution is 2.12. The maximum Gasteiger partial charge on any atom is 0.133 e. The average Bonchev–Trinajstić information content (AvgIpc) is 2.47. The summed E-state index contributed by atoms with van der Waals surface area (Å²) in [4.78, 5) is 13.4. The quantitative estimate of drug-likeness (QED) is 0.787. The van der Waals surface area contributed by atoms with Gasteiger partial charge in [0, 0.05) is 56.0 Å². The Labute approximate surface area is 125 Å². The number of nitrogens with one attached hydrogen (secondary N) is 1. The van der Waals surface area contributed by atoms with E-state index in [1.54, 1.807) is 13.3 Å². The number of rotatable bonds is 7. The first-order chi connectivity index (χ1) is 10.2. The zero-order chi connectivity index (χ0) is 15.1. The van der Waals surface area contributed by atoms with Crippen LogP contribution in [0.1, 0.15) is 28.3 Å². The molecule has 0 atom stereocenters. The summed E-state index contributed by atoms with van der Waals surface area (Å²) >= 11 is 0. The summed E-state index contributed by atoms with van der Waals surface area (Å²) in [6.07, 6.45) is 4.34. The minimum absolute atomic E-state index is 0.706. The van der Waals surface area contributed by atoms with Crippen LogP contribution in [0.15, 0.2) is 24.5 Å². The Morgan fingerprint density at radius 2 is 1.95 bits per heavy atom. The van der Waals surface area contributed by atoms with Crippen molar-refractivity contribution in [1.82, 2.24) is 20.3 Å². The van der Waals surface area contributed by atoms with Crippen molar-refractivity contribution in [3.8, 4) is 0 Å². The van der Waals surface area contributed by atoms with E-state index in [4.69, 9.17) is 4.74 Å². The van der Waals surface area contributed by atoms with Gasteiger partial charge in [-0.25, -0.2) is 9.97 Å². The third-order valence-corrected chi connectivity index (χ3v) is 3.34. The van der Waals surface area contributed by atoms with Crippen molar-refractivity contribution < 1.29 is 4.74 Å². The predicted octanol–water partition coefficient (Wildman–Crippen LogP) is 1.82. The fourth-order valence-corrected chi connectivity index (χ4v) is 2.22. The molecule has 0 fully saturated rings. The third-order valence-electron chi connectivity index (χ3n) is 3.34. The second-order valence-corrected chi connectivity index (χ2v) is 5.00. The molecule has 0 aliphatic carbocycles. The minimum atomic E-state index is 0.706. The van der Waals surface area contributed by atoms with Crippen molar-refractivity contribution in [2.24, 2.45) is 0 Å². The van der Waals surface area contributed by atoms with Gasteiger partial charge in [-0.05, 0) is 25.5 Å². The van der Waals surface area contributed by atoms with E-state index >= 15 is 0 Å². The van der Waals surface area contributed by atoms with Crippen molar-refractivity contribution in [3.63, 3.8) is 0 Å². The molecule has 0 aliphatic rings. The molecule has 5 heteroatoms. The van der Waals surface area contributed by atoms with Crippen molar-refractivity contribution >= 4 is 0 Å². The Morgan fingerprint density at radius 3 is 2.57 bits per heavy atom. The highest BCUT2D eigenvalue weighted by Gasteiger charge is 2.08. The smallest absolute Gasteiger partial charge is 0.133 e. The van der Waals surface area contributed by atoms with Gasteiger partial charge in [0.05, 0.1) is 6.61 Å². The lowest BCUT2D eigenvalue weighted by Crippen LogP contribution is -2.20. The van der Waals surface area contributed by atoms with Gasteiger partial charge in [-0.2, -0.15) is 0 Å². The summed E-state index contributed by atoms with van der Waals surface area (Å²) in [5.74, 6) is 0.846. The maximum atomic E-state index is 5.03. The zero-order valence-corrected chi connectivity index (χ0v) is 12.9. The SMILES string of the molecule is COCCNCc1c(C)nc(Cc2cccnc2)nc1C. The highest BCUT2D eigenvalue weighted by atomic mass is 16.5. The Morgan fingerprint density at radius 1 is 1.19 bits per heavy atom. The van der Waals surface area contributed by atoms with Crippen molar-refractivity contribution in [3.05, 3.63) is 52.9 Å². The van der Waals surface area contributed by atoms with E-state index < -0.39 is 0 Å². The van der Waals surface area contributed by atoms with Gasteiger partial charge < -0.3 is 10.1 Å². The molecule has 0 saturated heterocycles. The lowest BCUT2D eigenvalue weighted by Gasteiger charge is -2.11. The van der Waals surface area contributed by atoms with E-state index in [2.05, 4.69) is 20.3 Å². The summed E-state index contributed by atoms with van der Waals surface area (Å²) in [5, 5.41) is 3.34. The first kappa shape index (κ1) is 15.5. The topological polar surface area (TPSA) is 59.9 Å². The molecule has 0 spiro atoms. The fraction of sp³-hybridized carbons (Fsp3) is 0.438. The van der Waals surface area contributed by atoms with Gasteiger partial charge in [-0.15, -0.1) is 0 Å². The van der Waals surface area contributed by atoms with E-state index in [1.807, 2.05) is 32.2 Å². The van der Waals surface area contributed by atoms with Crippen LogP contribution in [0.5, 0.6) is 0 Å². The van der Waals surface area contributed by atoms with Crippen LogP contribution < -0.4 is 5.32 Å². The lowest BCUT2D eigenvalue weighted by molar-refractivity contribution is 0.199. The van der Waals surface area contributed by atoms with E-state index in [9.17, 15) is 0 Å². The first-order valence-electron chi connectivity index (χ1n) is 7.12. The van der Waals surface area contributed by atoms with Crippen LogP contribution in [0.25, 0.3) is 0 Å². The van der Waals surface area contributed by atoms with E-state index in [0.717, 1.165) is 35.9 Å². The monoisotopic (exact) mass is 286 g/mol. The molecule has 0 aromatic carbocycles. The Balaban J connectivity index is 2.06. The maximum absolute atomic E-state index is 5.03. The molecule has 1 N–H and O–H groups in total. The second kappa shape index (κ2) is 7.81. The summed E-state index contributed by atoms with van der Waals surface area (Å²) in [6, 6.07) is 3.98. The molecule has 2 aromatic heterocycles. The number of aryl methyl sites for hydroxylation is 2. The molecule has 0 aliphatic heterocycles. The predicted molar refractivity (Wildman–Crippen MR) is 82.1 cm³/mol. The lowest BCUT2D eigenvalue weighted by atomic mass is 10.1. The van der Waals surface area contributed by atoms with Crippen molar-refractivity contribution in [2.75, 3.05) is 20.3 Å². The largest absolute Gasteiger partial charge is 0.383 e. The number of pyridine rings is 1. The zero-order valence-electron chi connectivity index (χ0n) is 12.9. The molecule has 112 valence electrons. The molecule has 21 heavy (non-hydrogen) atoms. The van der Waals surface area contributed by atoms with Crippen LogP contribution in [0.3, 0.4) is 0 Å². The Hall–Kier alpha value is -1.85. The van der Waals surface area contributed by atoms with Gasteiger partial charge >= 0.3 is 0 Å². The summed E-state index contributed by atoms with van der Waals surface area (Å²) < 4.78 is 5.03. The van der Waals surface area contributed by atoms with E-state index in [0.29, 0.717) is 13.0 Å². The highest BCUT2D eigenvalue weighted by molar-refractivity contribution is 5.26. The summed E-state index contributed by atoms with van der Waals surface area (Å²) in [7, 11) is 1.70. The number of nitrogens with zero attached hydrogens (tertiary/aromatic N) is 3. The molecule has 0 amide bonds.